The highest BCUT2D eigenvalue weighted by Crippen LogP contribution is 2.16. The van der Waals surface area contributed by atoms with Gasteiger partial charge >= 0.3 is 0 Å². The van der Waals surface area contributed by atoms with Gasteiger partial charge in [-0.25, -0.2) is 0 Å². The number of hydrogen-bond donors (Lipinski definition) is 2. The Morgan fingerprint density at radius 1 is 0.935 bits per heavy atom. The van der Waals surface area contributed by atoms with Gasteiger partial charge in [0, 0.05) is 44.0 Å². The lowest BCUT2D eigenvalue weighted by Crippen LogP contribution is -2.50. The molecule has 1 aliphatic heterocycles. The van der Waals surface area contributed by atoms with E-state index in [1.165, 1.54) is 0 Å². The van der Waals surface area contributed by atoms with Gasteiger partial charge in [-0.05, 0) is 36.1 Å². The van der Waals surface area contributed by atoms with Gasteiger partial charge in [0.1, 0.15) is 0 Å². The van der Waals surface area contributed by atoms with Crippen LogP contribution in [0.3, 0.4) is 0 Å². The maximum Gasteiger partial charge on any atom is 0.238 e. The van der Waals surface area contributed by atoms with Crippen LogP contribution in [0.25, 0.3) is 0 Å². The number of amides is 2. The van der Waals surface area contributed by atoms with E-state index in [4.69, 9.17) is 5.73 Å². The summed E-state index contributed by atoms with van der Waals surface area (Å²) in [4.78, 5) is 28.9. The van der Waals surface area contributed by atoms with Crippen molar-refractivity contribution >= 4 is 48.0 Å². The number of anilines is 2. The fraction of sp³-hybridized carbons (Fsp3) is 0.391. The summed E-state index contributed by atoms with van der Waals surface area (Å²) in [5.41, 5.74) is 9.73. The molecular formula is C23H32Cl2N4O2. The molecule has 0 radical (unpaired) electrons. The summed E-state index contributed by atoms with van der Waals surface area (Å²) < 4.78 is 0. The fourth-order valence-corrected chi connectivity index (χ4v) is 3.66. The van der Waals surface area contributed by atoms with Gasteiger partial charge in [-0.3, -0.25) is 14.5 Å². The third kappa shape index (κ3) is 7.73. The van der Waals surface area contributed by atoms with Gasteiger partial charge in [-0.15, -0.1) is 24.8 Å². The first-order valence-corrected chi connectivity index (χ1v) is 10.3. The lowest BCUT2D eigenvalue weighted by atomic mass is 10.1. The Hall–Kier alpha value is -2.28. The molecule has 1 saturated heterocycles. The molecular weight excluding hydrogens is 435 g/mol. The Morgan fingerprint density at radius 3 is 2.19 bits per heavy atom. The van der Waals surface area contributed by atoms with E-state index < -0.39 is 0 Å². The molecule has 0 aliphatic carbocycles. The number of hydrogen-bond acceptors (Lipinski definition) is 4. The molecule has 1 heterocycles. The molecule has 6 nitrogen and oxygen atoms in total. The van der Waals surface area contributed by atoms with Crippen LogP contribution in [0.15, 0.2) is 48.5 Å². The second kappa shape index (κ2) is 13.2. The van der Waals surface area contributed by atoms with E-state index in [9.17, 15) is 9.59 Å². The summed E-state index contributed by atoms with van der Waals surface area (Å²) in [7, 11) is 0. The van der Waals surface area contributed by atoms with Crippen molar-refractivity contribution in [3.63, 3.8) is 0 Å². The van der Waals surface area contributed by atoms with E-state index in [1.807, 2.05) is 53.4 Å². The summed E-state index contributed by atoms with van der Waals surface area (Å²) in [5.74, 6) is 0.138. The first-order chi connectivity index (χ1) is 14.1. The van der Waals surface area contributed by atoms with Crippen LogP contribution in [0.1, 0.15) is 24.5 Å². The molecule has 3 N–H and O–H groups in total. The molecule has 8 heteroatoms. The molecule has 2 amide bonds. The van der Waals surface area contributed by atoms with Crippen molar-refractivity contribution in [1.82, 2.24) is 9.80 Å². The lowest BCUT2D eigenvalue weighted by molar-refractivity contribution is -0.133. The number of nitrogens with one attached hydrogen (secondary N) is 1. The maximum absolute atomic E-state index is 12.5. The van der Waals surface area contributed by atoms with E-state index in [-0.39, 0.29) is 36.6 Å². The number of nitrogen functional groups attached to an aromatic ring is 1. The van der Waals surface area contributed by atoms with Gasteiger partial charge in [0.05, 0.1) is 6.54 Å². The average Bonchev–Trinajstić information content (AvgIpc) is 2.74. The molecule has 2 aromatic rings. The highest BCUT2D eigenvalue weighted by molar-refractivity contribution is 5.93. The Bertz CT molecular complexity index is 855. The third-order valence-electron chi connectivity index (χ3n) is 5.43. The summed E-state index contributed by atoms with van der Waals surface area (Å²) in [6, 6.07) is 15.6. The Morgan fingerprint density at radius 2 is 1.55 bits per heavy atom. The van der Waals surface area contributed by atoms with Crippen LogP contribution in [0, 0.1) is 0 Å². The van der Waals surface area contributed by atoms with Crippen LogP contribution in [0.5, 0.6) is 0 Å². The zero-order valence-electron chi connectivity index (χ0n) is 17.9. The van der Waals surface area contributed by atoms with Gasteiger partial charge < -0.3 is 16.0 Å². The minimum Gasteiger partial charge on any atom is -0.399 e. The Labute approximate surface area is 197 Å². The molecule has 0 bridgehead atoms. The highest BCUT2D eigenvalue weighted by atomic mass is 35.5. The zero-order chi connectivity index (χ0) is 20.6. The smallest absolute Gasteiger partial charge is 0.238 e. The molecule has 2 aromatic carbocycles. The molecule has 170 valence electrons. The first-order valence-electron chi connectivity index (χ1n) is 10.3. The molecule has 0 aromatic heterocycles. The van der Waals surface area contributed by atoms with E-state index in [0.717, 1.165) is 28.9 Å². The Kier molecular flexibility index (Phi) is 11.4. The number of para-hydroxylation sites is 2. The van der Waals surface area contributed by atoms with Crippen LogP contribution in [0.2, 0.25) is 0 Å². The van der Waals surface area contributed by atoms with Gasteiger partial charge in [-0.2, -0.15) is 0 Å². The van der Waals surface area contributed by atoms with E-state index in [1.54, 1.807) is 0 Å². The third-order valence-corrected chi connectivity index (χ3v) is 5.43. The predicted molar refractivity (Wildman–Crippen MR) is 131 cm³/mol. The van der Waals surface area contributed by atoms with Crippen molar-refractivity contribution in [3.05, 3.63) is 59.7 Å². The zero-order valence-corrected chi connectivity index (χ0v) is 19.5. The second-order valence-corrected chi connectivity index (χ2v) is 7.41. The molecule has 1 aliphatic rings. The van der Waals surface area contributed by atoms with Gasteiger partial charge in [0.15, 0.2) is 0 Å². The van der Waals surface area contributed by atoms with Gasteiger partial charge in [0.25, 0.3) is 0 Å². The molecule has 3 rings (SSSR count). The number of nitrogens with zero attached hydrogens (tertiary/aromatic N) is 2. The lowest BCUT2D eigenvalue weighted by Gasteiger charge is -2.34. The average molecular weight is 467 g/mol. The predicted octanol–water partition coefficient (Wildman–Crippen LogP) is 3.39. The summed E-state index contributed by atoms with van der Waals surface area (Å²) >= 11 is 0. The minimum absolute atomic E-state index is 0. The quantitative estimate of drug-likeness (QED) is 0.612. The molecule has 0 spiro atoms. The van der Waals surface area contributed by atoms with E-state index >= 15 is 0 Å². The normalized spacial score (nSPS) is 13.6. The SMILES string of the molecule is CCc1ccccc1NC(=O)CN1CCN(C(=O)CCc2ccccc2N)CC1.Cl.Cl. The van der Waals surface area contributed by atoms with E-state index in [0.29, 0.717) is 45.6 Å². The Balaban J connectivity index is 0.00000240. The standard InChI is InChI=1S/C23H30N4O2.2ClH/c1-2-18-7-4-6-10-21(18)25-22(28)17-26-13-15-27(16-14-26)23(29)12-11-19-8-3-5-9-20(19)24;;/h3-10H,2,11-17,24H2,1H3,(H,25,28);2*1H. The van der Waals surface area contributed by atoms with Crippen molar-refractivity contribution in [3.8, 4) is 0 Å². The number of rotatable bonds is 7. The molecule has 0 atom stereocenters. The minimum atomic E-state index is -0.00905. The van der Waals surface area contributed by atoms with Crippen LogP contribution >= 0.6 is 24.8 Å². The van der Waals surface area contributed by atoms with Crippen LogP contribution in [-0.4, -0.2) is 54.3 Å². The number of piperazine rings is 1. The topological polar surface area (TPSA) is 78.7 Å². The fourth-order valence-electron chi connectivity index (χ4n) is 3.66. The number of carbonyl (C=O) groups excluding carboxylic acids is 2. The van der Waals surface area contributed by atoms with Crippen LogP contribution in [-0.2, 0) is 22.4 Å². The number of carbonyl (C=O) groups is 2. The largest absolute Gasteiger partial charge is 0.399 e. The second-order valence-electron chi connectivity index (χ2n) is 7.41. The van der Waals surface area contributed by atoms with Crippen LogP contribution in [0.4, 0.5) is 11.4 Å². The molecule has 0 saturated carbocycles. The number of halogens is 2. The van der Waals surface area contributed by atoms with Gasteiger partial charge in [-0.1, -0.05) is 43.3 Å². The summed E-state index contributed by atoms with van der Waals surface area (Å²) in [6.07, 6.45) is 2.00. The van der Waals surface area contributed by atoms with Crippen molar-refractivity contribution < 1.29 is 9.59 Å². The molecule has 31 heavy (non-hydrogen) atoms. The van der Waals surface area contributed by atoms with Crippen LogP contribution < -0.4 is 11.1 Å². The number of aryl methyl sites for hydroxylation is 2. The first kappa shape index (κ1) is 26.8. The van der Waals surface area contributed by atoms with E-state index in [2.05, 4.69) is 17.1 Å². The highest BCUT2D eigenvalue weighted by Gasteiger charge is 2.22. The molecule has 0 unspecified atom stereocenters. The summed E-state index contributed by atoms with van der Waals surface area (Å²) in [6.45, 7) is 5.15. The number of nitrogens with two attached hydrogens (primary N) is 1. The van der Waals surface area contributed by atoms with Crippen molar-refractivity contribution in [2.24, 2.45) is 0 Å². The monoisotopic (exact) mass is 466 g/mol. The van der Waals surface area contributed by atoms with Crippen molar-refractivity contribution in [2.45, 2.75) is 26.2 Å². The van der Waals surface area contributed by atoms with Gasteiger partial charge in [0.2, 0.25) is 11.8 Å². The summed E-state index contributed by atoms with van der Waals surface area (Å²) in [5, 5.41) is 3.01. The maximum atomic E-state index is 12.5. The molecule has 1 fully saturated rings. The van der Waals surface area contributed by atoms with Crippen molar-refractivity contribution in [2.75, 3.05) is 43.8 Å². The number of benzene rings is 2. The van der Waals surface area contributed by atoms with Crippen molar-refractivity contribution in [1.29, 1.82) is 0 Å².